The van der Waals surface area contributed by atoms with E-state index in [0.717, 1.165) is 17.0 Å². The van der Waals surface area contributed by atoms with Crippen LogP contribution in [-0.2, 0) is 11.3 Å². The number of aromatic nitrogens is 5. The van der Waals surface area contributed by atoms with Crippen LogP contribution >= 0.6 is 11.6 Å². The van der Waals surface area contributed by atoms with Crippen LogP contribution in [0.2, 0.25) is 5.15 Å². The SMILES string of the molecule is COc1c(C)cc(CN2C(=O)C(=Cc3ncc[nH]3)c3c(Cl)nc(N)nc32)nc1C. The van der Waals surface area contributed by atoms with Crippen molar-refractivity contribution in [2.75, 3.05) is 17.7 Å². The molecule has 0 radical (unpaired) electrons. The number of fused-ring (bicyclic) bond motifs is 1. The van der Waals surface area contributed by atoms with Crippen molar-refractivity contribution in [3.63, 3.8) is 0 Å². The number of aromatic amines is 1. The highest BCUT2D eigenvalue weighted by atomic mass is 35.5. The van der Waals surface area contributed by atoms with Gasteiger partial charge in [0.25, 0.3) is 5.91 Å². The number of imidazole rings is 1. The molecule has 1 amide bonds. The van der Waals surface area contributed by atoms with Crippen molar-refractivity contribution in [1.82, 2.24) is 24.9 Å². The second-order valence-corrected chi connectivity index (χ2v) is 6.90. The average Bonchev–Trinajstić information content (AvgIpc) is 3.24. The smallest absolute Gasteiger partial charge is 0.260 e. The number of nitrogens with two attached hydrogens (primary N) is 1. The Hall–Kier alpha value is -3.46. The number of carbonyl (C=O) groups is 1. The first-order valence-electron chi connectivity index (χ1n) is 8.76. The van der Waals surface area contributed by atoms with Gasteiger partial charge < -0.3 is 15.5 Å². The molecule has 1 aliphatic heterocycles. The lowest BCUT2D eigenvalue weighted by atomic mass is 10.1. The highest BCUT2D eigenvalue weighted by Crippen LogP contribution is 2.41. The molecule has 0 aliphatic carbocycles. The lowest BCUT2D eigenvalue weighted by molar-refractivity contribution is -0.113. The molecule has 10 heteroatoms. The number of halogens is 1. The van der Waals surface area contributed by atoms with E-state index in [2.05, 4.69) is 24.9 Å². The molecule has 9 nitrogen and oxygen atoms in total. The Morgan fingerprint density at radius 2 is 2.10 bits per heavy atom. The van der Waals surface area contributed by atoms with Gasteiger partial charge in [-0.15, -0.1) is 0 Å². The summed E-state index contributed by atoms with van der Waals surface area (Å²) in [6.07, 6.45) is 4.88. The van der Waals surface area contributed by atoms with E-state index in [1.54, 1.807) is 25.6 Å². The third-order valence-electron chi connectivity index (χ3n) is 4.57. The molecule has 0 saturated heterocycles. The maximum atomic E-state index is 13.2. The molecule has 0 fully saturated rings. The lowest BCUT2D eigenvalue weighted by Gasteiger charge is -2.17. The first-order valence-corrected chi connectivity index (χ1v) is 9.14. The van der Waals surface area contributed by atoms with Crippen molar-refractivity contribution in [3.8, 4) is 5.75 Å². The summed E-state index contributed by atoms with van der Waals surface area (Å²) in [5, 5.41) is 0.108. The van der Waals surface area contributed by atoms with Crippen LogP contribution in [0, 0.1) is 13.8 Å². The number of nitrogens with zero attached hydrogens (tertiary/aromatic N) is 5. The molecule has 1 aliphatic rings. The van der Waals surface area contributed by atoms with E-state index >= 15 is 0 Å². The van der Waals surface area contributed by atoms with Crippen LogP contribution in [0.25, 0.3) is 11.6 Å². The fraction of sp³-hybridized carbons (Fsp3) is 0.211. The number of H-pyrrole nitrogens is 1. The molecule has 4 rings (SSSR count). The van der Waals surface area contributed by atoms with Gasteiger partial charge in [0, 0.05) is 12.4 Å². The zero-order valence-corrected chi connectivity index (χ0v) is 16.8. The number of nitrogens with one attached hydrogen (secondary N) is 1. The zero-order valence-electron chi connectivity index (χ0n) is 16.0. The van der Waals surface area contributed by atoms with E-state index in [4.69, 9.17) is 22.1 Å². The van der Waals surface area contributed by atoms with Crippen LogP contribution in [0.15, 0.2) is 18.5 Å². The summed E-state index contributed by atoms with van der Waals surface area (Å²) in [6.45, 7) is 3.98. The van der Waals surface area contributed by atoms with Gasteiger partial charge in [-0.05, 0) is 31.6 Å². The van der Waals surface area contributed by atoms with Crippen LogP contribution in [-0.4, -0.2) is 37.9 Å². The number of pyridine rings is 1. The van der Waals surface area contributed by atoms with Gasteiger partial charge in [-0.2, -0.15) is 4.98 Å². The van der Waals surface area contributed by atoms with Crippen molar-refractivity contribution < 1.29 is 9.53 Å². The second kappa shape index (κ2) is 7.17. The second-order valence-electron chi connectivity index (χ2n) is 6.54. The lowest BCUT2D eigenvalue weighted by Crippen LogP contribution is -2.27. The maximum absolute atomic E-state index is 13.2. The van der Waals surface area contributed by atoms with E-state index < -0.39 is 0 Å². The standard InChI is InChI=1S/C19H18ClN7O2/c1-9-6-11(24-10(2)15(9)29-3)8-27-17-14(16(20)25-19(21)26-17)12(18(27)28)7-13-22-4-5-23-13/h4-7H,8H2,1-3H3,(H,22,23)(H2,21,25,26). The van der Waals surface area contributed by atoms with E-state index in [9.17, 15) is 4.79 Å². The number of amides is 1. The first kappa shape index (κ1) is 18.9. The maximum Gasteiger partial charge on any atom is 0.260 e. The Morgan fingerprint density at radius 1 is 1.31 bits per heavy atom. The van der Waals surface area contributed by atoms with E-state index in [-0.39, 0.29) is 23.6 Å². The quantitative estimate of drug-likeness (QED) is 0.499. The number of aryl methyl sites for hydroxylation is 2. The molecule has 3 N–H and O–H groups in total. The number of rotatable bonds is 4. The van der Waals surface area contributed by atoms with Crippen LogP contribution < -0.4 is 15.4 Å². The minimum Gasteiger partial charge on any atom is -0.495 e. The van der Waals surface area contributed by atoms with E-state index in [1.807, 2.05) is 19.9 Å². The monoisotopic (exact) mass is 411 g/mol. The molecule has 148 valence electrons. The third-order valence-corrected chi connectivity index (χ3v) is 4.84. The minimum atomic E-state index is -0.286. The number of methoxy groups -OCH3 is 1. The highest BCUT2D eigenvalue weighted by Gasteiger charge is 2.37. The number of carbonyl (C=O) groups excluding carboxylic acids is 1. The van der Waals surface area contributed by atoms with Gasteiger partial charge in [-0.1, -0.05) is 11.6 Å². The fourth-order valence-corrected chi connectivity index (χ4v) is 3.71. The number of hydrogen-bond acceptors (Lipinski definition) is 7. The molecule has 4 heterocycles. The largest absolute Gasteiger partial charge is 0.495 e. The van der Waals surface area contributed by atoms with Crippen molar-refractivity contribution >= 4 is 40.9 Å². The number of anilines is 2. The Kier molecular flexibility index (Phi) is 4.67. The van der Waals surface area contributed by atoms with Gasteiger partial charge in [-0.3, -0.25) is 14.7 Å². The Labute approximate surface area is 171 Å². The topological polar surface area (TPSA) is 123 Å². The van der Waals surface area contributed by atoms with Gasteiger partial charge in [0.2, 0.25) is 5.95 Å². The zero-order chi connectivity index (χ0) is 20.7. The Morgan fingerprint density at radius 3 is 2.76 bits per heavy atom. The Bertz CT molecular complexity index is 1120. The van der Waals surface area contributed by atoms with Crippen LogP contribution in [0.1, 0.15) is 28.3 Å². The summed E-state index contributed by atoms with van der Waals surface area (Å²) < 4.78 is 5.37. The first-order chi connectivity index (χ1) is 13.9. The predicted molar refractivity (Wildman–Crippen MR) is 109 cm³/mol. The van der Waals surface area contributed by atoms with Crippen molar-refractivity contribution in [1.29, 1.82) is 0 Å². The number of hydrogen-bond donors (Lipinski definition) is 2. The Balaban J connectivity index is 1.80. The molecule has 29 heavy (non-hydrogen) atoms. The molecule has 0 bridgehead atoms. The van der Waals surface area contributed by atoms with E-state index in [1.165, 1.54) is 4.90 Å². The van der Waals surface area contributed by atoms with Gasteiger partial charge >= 0.3 is 0 Å². The van der Waals surface area contributed by atoms with Crippen LogP contribution in [0.3, 0.4) is 0 Å². The molecule has 0 spiro atoms. The van der Waals surface area contributed by atoms with Gasteiger partial charge in [-0.25, -0.2) is 9.97 Å². The summed E-state index contributed by atoms with van der Waals surface area (Å²) >= 11 is 6.32. The summed E-state index contributed by atoms with van der Waals surface area (Å²) in [5.41, 5.74) is 8.89. The normalized spacial score (nSPS) is 14.6. The molecule has 3 aromatic heterocycles. The number of nitrogen functional groups attached to an aromatic ring is 1. The van der Waals surface area contributed by atoms with Gasteiger partial charge in [0.1, 0.15) is 16.7 Å². The fourth-order valence-electron chi connectivity index (χ4n) is 3.44. The molecule has 0 unspecified atom stereocenters. The van der Waals surface area contributed by atoms with Gasteiger partial charge in [0.15, 0.2) is 5.82 Å². The summed E-state index contributed by atoms with van der Waals surface area (Å²) in [4.78, 5) is 34.6. The molecule has 0 saturated carbocycles. The highest BCUT2D eigenvalue weighted by molar-refractivity contribution is 6.41. The van der Waals surface area contributed by atoms with Crippen LogP contribution in [0.5, 0.6) is 5.75 Å². The van der Waals surface area contributed by atoms with Crippen molar-refractivity contribution in [3.05, 3.63) is 52.0 Å². The summed E-state index contributed by atoms with van der Waals surface area (Å²) in [5.74, 6) is 1.28. The average molecular weight is 412 g/mol. The van der Waals surface area contributed by atoms with Crippen molar-refractivity contribution in [2.24, 2.45) is 0 Å². The van der Waals surface area contributed by atoms with E-state index in [0.29, 0.717) is 28.5 Å². The molecular formula is C19H18ClN7O2. The van der Waals surface area contributed by atoms with Crippen molar-refractivity contribution in [2.45, 2.75) is 20.4 Å². The van der Waals surface area contributed by atoms with Crippen LogP contribution in [0.4, 0.5) is 11.8 Å². The summed E-state index contributed by atoms with van der Waals surface area (Å²) in [7, 11) is 1.60. The third kappa shape index (κ3) is 3.29. The molecule has 3 aromatic rings. The number of ether oxygens (including phenoxy) is 1. The molecule has 0 atom stereocenters. The van der Waals surface area contributed by atoms with Gasteiger partial charge in [0.05, 0.1) is 36.2 Å². The summed E-state index contributed by atoms with van der Waals surface area (Å²) in [6, 6.07) is 1.87. The molecular weight excluding hydrogens is 394 g/mol. The minimum absolute atomic E-state index is 0.0131. The predicted octanol–water partition coefficient (Wildman–Crippen LogP) is 2.54. The molecule has 0 aromatic carbocycles.